The van der Waals surface area contributed by atoms with E-state index in [0.717, 1.165) is 23.7 Å². The number of rotatable bonds is 8. The average molecular weight is 381 g/mol. The van der Waals surface area contributed by atoms with Crippen LogP contribution in [0.2, 0.25) is 0 Å². The van der Waals surface area contributed by atoms with Crippen LogP contribution >= 0.6 is 0 Å². The molecule has 0 saturated heterocycles. The molecular weight excluding hydrogens is 359 g/mol. The predicted molar refractivity (Wildman–Crippen MR) is 92.8 cm³/mol. The Bertz CT molecular complexity index is 805. The summed E-state index contributed by atoms with van der Waals surface area (Å²) in [6.45, 7) is 3.58. The van der Waals surface area contributed by atoms with Gasteiger partial charge in [-0.05, 0) is 32.8 Å². The van der Waals surface area contributed by atoms with Crippen LogP contribution in [0.5, 0.6) is 0 Å². The molecule has 1 unspecified atom stereocenters. The SMILES string of the molecule is CCOC(=O)c1cnn(CN(C2CC2)C(C)c2ccccc2F)c1C(F)F. The zero-order chi connectivity index (χ0) is 19.6. The molecule has 1 heterocycles. The molecule has 2 aromatic rings. The first kappa shape index (κ1) is 19.4. The first-order valence-corrected chi connectivity index (χ1v) is 8.95. The maximum Gasteiger partial charge on any atom is 0.341 e. The summed E-state index contributed by atoms with van der Waals surface area (Å²) in [6, 6.07) is 6.28. The first-order chi connectivity index (χ1) is 12.9. The Morgan fingerprint density at radius 1 is 1.37 bits per heavy atom. The van der Waals surface area contributed by atoms with Gasteiger partial charge in [-0.15, -0.1) is 0 Å². The zero-order valence-corrected chi connectivity index (χ0v) is 15.2. The van der Waals surface area contributed by atoms with Crippen LogP contribution in [-0.2, 0) is 11.4 Å². The number of ether oxygens (including phenoxy) is 1. The van der Waals surface area contributed by atoms with E-state index in [1.54, 1.807) is 25.1 Å². The van der Waals surface area contributed by atoms with Crippen molar-refractivity contribution in [3.63, 3.8) is 0 Å². The number of benzene rings is 1. The maximum atomic E-state index is 14.2. The Morgan fingerprint density at radius 2 is 2.07 bits per heavy atom. The number of nitrogens with zero attached hydrogens (tertiary/aromatic N) is 3. The number of aromatic nitrogens is 2. The molecule has 27 heavy (non-hydrogen) atoms. The van der Waals surface area contributed by atoms with E-state index in [0.29, 0.717) is 5.56 Å². The van der Waals surface area contributed by atoms with Gasteiger partial charge in [0.15, 0.2) is 0 Å². The van der Waals surface area contributed by atoms with Crippen LogP contribution in [0.15, 0.2) is 30.5 Å². The highest BCUT2D eigenvalue weighted by Gasteiger charge is 2.35. The second-order valence-corrected chi connectivity index (χ2v) is 6.55. The van der Waals surface area contributed by atoms with Gasteiger partial charge in [-0.1, -0.05) is 18.2 Å². The molecule has 1 aliphatic rings. The van der Waals surface area contributed by atoms with Crippen molar-refractivity contribution in [3.05, 3.63) is 53.1 Å². The number of hydrogen-bond acceptors (Lipinski definition) is 4. The van der Waals surface area contributed by atoms with E-state index >= 15 is 0 Å². The highest BCUT2D eigenvalue weighted by molar-refractivity contribution is 5.90. The van der Waals surface area contributed by atoms with Crippen molar-refractivity contribution >= 4 is 5.97 Å². The van der Waals surface area contributed by atoms with Crippen molar-refractivity contribution in [2.45, 2.75) is 51.9 Å². The molecule has 1 aromatic heterocycles. The summed E-state index contributed by atoms with van der Waals surface area (Å²) < 4.78 is 47.4. The molecule has 1 fully saturated rings. The molecule has 0 bridgehead atoms. The molecule has 0 radical (unpaired) electrons. The molecule has 0 amide bonds. The standard InChI is InChI=1S/C19H22F3N3O2/c1-3-27-19(26)15-10-23-25(17(15)18(21)22)11-24(13-8-9-13)12(2)14-6-4-5-7-16(14)20/h4-7,10,12-13,18H,3,8-9,11H2,1-2H3. The molecule has 1 saturated carbocycles. The molecule has 1 aliphatic carbocycles. The van der Waals surface area contributed by atoms with Crippen LogP contribution < -0.4 is 0 Å². The van der Waals surface area contributed by atoms with Crippen molar-refractivity contribution in [2.75, 3.05) is 6.61 Å². The van der Waals surface area contributed by atoms with Gasteiger partial charge in [-0.2, -0.15) is 5.10 Å². The molecule has 3 rings (SSSR count). The lowest BCUT2D eigenvalue weighted by atomic mass is 10.1. The molecule has 0 N–H and O–H groups in total. The smallest absolute Gasteiger partial charge is 0.341 e. The van der Waals surface area contributed by atoms with Crippen LogP contribution in [-0.4, -0.2) is 33.3 Å². The normalized spacial score (nSPS) is 15.4. The summed E-state index contributed by atoms with van der Waals surface area (Å²) in [5.41, 5.74) is -0.207. The van der Waals surface area contributed by atoms with Crippen LogP contribution in [0.25, 0.3) is 0 Å². The molecular formula is C19H22F3N3O2. The minimum atomic E-state index is -2.88. The molecule has 1 atom stereocenters. The van der Waals surface area contributed by atoms with E-state index in [-0.39, 0.29) is 36.7 Å². The van der Waals surface area contributed by atoms with Gasteiger partial charge in [0.1, 0.15) is 17.1 Å². The number of carbonyl (C=O) groups excluding carboxylic acids is 1. The maximum absolute atomic E-state index is 14.2. The van der Waals surface area contributed by atoms with Gasteiger partial charge >= 0.3 is 5.97 Å². The fraction of sp³-hybridized carbons (Fsp3) is 0.474. The molecule has 0 aliphatic heterocycles. The fourth-order valence-corrected chi connectivity index (χ4v) is 3.21. The lowest BCUT2D eigenvalue weighted by molar-refractivity contribution is 0.0510. The molecule has 0 spiro atoms. The zero-order valence-electron chi connectivity index (χ0n) is 15.2. The second-order valence-electron chi connectivity index (χ2n) is 6.55. The Morgan fingerprint density at radius 3 is 2.67 bits per heavy atom. The Labute approximate surface area is 155 Å². The summed E-state index contributed by atoms with van der Waals surface area (Å²) in [4.78, 5) is 13.9. The highest BCUT2D eigenvalue weighted by Crippen LogP contribution is 2.36. The van der Waals surface area contributed by atoms with Crippen molar-refractivity contribution in [3.8, 4) is 0 Å². The topological polar surface area (TPSA) is 47.4 Å². The van der Waals surface area contributed by atoms with Crippen LogP contribution in [0.3, 0.4) is 0 Å². The second kappa shape index (κ2) is 8.12. The largest absolute Gasteiger partial charge is 0.462 e. The minimum absolute atomic E-state index is 0.0409. The van der Waals surface area contributed by atoms with Crippen molar-refractivity contribution in [1.29, 1.82) is 0 Å². The number of hydrogen-bond donors (Lipinski definition) is 0. The van der Waals surface area contributed by atoms with Crippen LogP contribution in [0, 0.1) is 5.82 Å². The predicted octanol–water partition coefficient (Wildman–Crippen LogP) is 4.32. The van der Waals surface area contributed by atoms with Gasteiger partial charge in [0.25, 0.3) is 6.43 Å². The summed E-state index contributed by atoms with van der Waals surface area (Å²) in [6.07, 6.45) is 0.0545. The molecule has 5 nitrogen and oxygen atoms in total. The van der Waals surface area contributed by atoms with Gasteiger partial charge in [-0.25, -0.2) is 22.6 Å². The Kier molecular flexibility index (Phi) is 5.84. The molecule has 8 heteroatoms. The van der Waals surface area contributed by atoms with E-state index in [2.05, 4.69) is 5.10 Å². The van der Waals surface area contributed by atoms with E-state index in [1.807, 2.05) is 11.8 Å². The molecule has 1 aromatic carbocycles. The third kappa shape index (κ3) is 4.16. The van der Waals surface area contributed by atoms with Crippen LogP contribution in [0.1, 0.15) is 60.8 Å². The van der Waals surface area contributed by atoms with Crippen molar-refractivity contribution < 1.29 is 22.7 Å². The Hall–Kier alpha value is -2.35. The average Bonchev–Trinajstić information content (AvgIpc) is 3.38. The van der Waals surface area contributed by atoms with Gasteiger partial charge in [0.05, 0.1) is 19.5 Å². The number of alkyl halides is 2. The summed E-state index contributed by atoms with van der Waals surface area (Å²) in [5.74, 6) is -1.16. The first-order valence-electron chi connectivity index (χ1n) is 8.95. The Balaban J connectivity index is 1.89. The van der Waals surface area contributed by atoms with Gasteiger partial charge < -0.3 is 4.74 Å². The third-order valence-electron chi connectivity index (χ3n) is 4.75. The third-order valence-corrected chi connectivity index (χ3v) is 4.75. The molecule has 146 valence electrons. The highest BCUT2D eigenvalue weighted by atomic mass is 19.3. The van der Waals surface area contributed by atoms with Gasteiger partial charge in [0.2, 0.25) is 0 Å². The van der Waals surface area contributed by atoms with Gasteiger partial charge in [0, 0.05) is 17.6 Å². The van der Waals surface area contributed by atoms with Crippen molar-refractivity contribution in [2.24, 2.45) is 0 Å². The van der Waals surface area contributed by atoms with E-state index < -0.39 is 18.1 Å². The number of halogens is 3. The number of esters is 1. The quantitative estimate of drug-likeness (QED) is 0.639. The van der Waals surface area contributed by atoms with E-state index in [1.165, 1.54) is 6.07 Å². The van der Waals surface area contributed by atoms with E-state index in [4.69, 9.17) is 4.74 Å². The lowest BCUT2D eigenvalue weighted by Gasteiger charge is -2.30. The minimum Gasteiger partial charge on any atom is -0.462 e. The van der Waals surface area contributed by atoms with Crippen molar-refractivity contribution in [1.82, 2.24) is 14.7 Å². The number of carbonyl (C=O) groups is 1. The van der Waals surface area contributed by atoms with Crippen LogP contribution in [0.4, 0.5) is 13.2 Å². The lowest BCUT2D eigenvalue weighted by Crippen LogP contribution is -2.33. The summed E-state index contributed by atoms with van der Waals surface area (Å²) in [5, 5.41) is 3.99. The summed E-state index contributed by atoms with van der Waals surface area (Å²) in [7, 11) is 0. The van der Waals surface area contributed by atoms with Gasteiger partial charge in [-0.3, -0.25) is 4.90 Å². The fourth-order valence-electron chi connectivity index (χ4n) is 3.21. The summed E-state index contributed by atoms with van der Waals surface area (Å²) >= 11 is 0. The van der Waals surface area contributed by atoms with E-state index in [9.17, 15) is 18.0 Å². The monoisotopic (exact) mass is 381 g/mol.